The van der Waals surface area contributed by atoms with E-state index in [1.54, 1.807) is 0 Å². The molecule has 1 nitrogen and oxygen atoms in total. The Morgan fingerprint density at radius 1 is 0.933 bits per heavy atom. The van der Waals surface area contributed by atoms with Gasteiger partial charge in [-0.15, -0.1) is 0 Å². The fraction of sp³-hybridized carbons (Fsp3) is 0.538. The minimum Gasteiger partial charge on any atom is -0.313 e. The van der Waals surface area contributed by atoms with Crippen LogP contribution >= 0.6 is 12.6 Å². The molecular formula is C13H21NS. The van der Waals surface area contributed by atoms with Crippen LogP contribution in [0.1, 0.15) is 31.2 Å². The van der Waals surface area contributed by atoms with E-state index < -0.39 is 0 Å². The molecule has 2 heteroatoms. The fourth-order valence-electron chi connectivity index (χ4n) is 1.54. The maximum Gasteiger partial charge on any atom is 0.0205 e. The summed E-state index contributed by atoms with van der Waals surface area (Å²) in [4.78, 5) is 0. The van der Waals surface area contributed by atoms with E-state index >= 15 is 0 Å². The van der Waals surface area contributed by atoms with Gasteiger partial charge in [0.05, 0.1) is 0 Å². The molecule has 1 aromatic carbocycles. The van der Waals surface area contributed by atoms with Crippen LogP contribution < -0.4 is 5.32 Å². The van der Waals surface area contributed by atoms with Crippen LogP contribution in [0, 0.1) is 0 Å². The highest BCUT2D eigenvalue weighted by molar-refractivity contribution is 7.80. The number of benzene rings is 1. The fourth-order valence-corrected chi connectivity index (χ4v) is 1.77. The summed E-state index contributed by atoms with van der Waals surface area (Å²) in [5.41, 5.74) is 1.37. The minimum absolute atomic E-state index is 0.993. The van der Waals surface area contributed by atoms with Gasteiger partial charge in [-0.2, -0.15) is 12.6 Å². The largest absolute Gasteiger partial charge is 0.313 e. The molecule has 0 aromatic heterocycles. The predicted octanol–water partition coefficient (Wildman–Crippen LogP) is 3.27. The van der Waals surface area contributed by atoms with E-state index in [1.807, 2.05) is 0 Å². The van der Waals surface area contributed by atoms with Crippen molar-refractivity contribution in [2.24, 2.45) is 0 Å². The zero-order valence-corrected chi connectivity index (χ0v) is 10.2. The molecule has 0 aliphatic heterocycles. The molecule has 0 fully saturated rings. The first-order valence-electron chi connectivity index (χ1n) is 5.79. The summed E-state index contributed by atoms with van der Waals surface area (Å²) in [6.45, 7) is 2.12. The average molecular weight is 223 g/mol. The average Bonchev–Trinajstić information content (AvgIpc) is 2.29. The lowest BCUT2D eigenvalue weighted by molar-refractivity contribution is 0.600. The first kappa shape index (κ1) is 12.6. The van der Waals surface area contributed by atoms with Crippen LogP contribution in [0.4, 0.5) is 0 Å². The molecule has 0 heterocycles. The maximum atomic E-state index is 4.20. The van der Waals surface area contributed by atoms with Gasteiger partial charge in [-0.1, -0.05) is 43.2 Å². The molecule has 0 aliphatic carbocycles. The summed E-state index contributed by atoms with van der Waals surface area (Å²) in [6, 6.07) is 10.6. The maximum absolute atomic E-state index is 4.20. The summed E-state index contributed by atoms with van der Waals surface area (Å²) in [7, 11) is 0. The first-order chi connectivity index (χ1) is 7.43. The van der Waals surface area contributed by atoms with Crippen LogP contribution in [0.5, 0.6) is 0 Å². The van der Waals surface area contributed by atoms with Crippen LogP contribution in [-0.2, 0) is 6.54 Å². The van der Waals surface area contributed by atoms with Crippen molar-refractivity contribution in [2.45, 2.75) is 32.2 Å². The highest BCUT2D eigenvalue weighted by atomic mass is 32.1. The Kier molecular flexibility index (Phi) is 7.40. The van der Waals surface area contributed by atoms with Crippen molar-refractivity contribution in [3.05, 3.63) is 35.9 Å². The van der Waals surface area contributed by atoms with Crippen molar-refractivity contribution in [2.75, 3.05) is 12.3 Å². The van der Waals surface area contributed by atoms with Crippen molar-refractivity contribution in [3.63, 3.8) is 0 Å². The molecule has 1 N–H and O–H groups in total. The normalized spacial score (nSPS) is 10.5. The summed E-state index contributed by atoms with van der Waals surface area (Å²) in [5.74, 6) is 1.03. The van der Waals surface area contributed by atoms with Gasteiger partial charge in [0.1, 0.15) is 0 Å². The molecule has 0 bridgehead atoms. The monoisotopic (exact) mass is 223 g/mol. The Morgan fingerprint density at radius 2 is 1.67 bits per heavy atom. The van der Waals surface area contributed by atoms with Crippen LogP contribution in [0.2, 0.25) is 0 Å². The van der Waals surface area contributed by atoms with Gasteiger partial charge in [0.25, 0.3) is 0 Å². The van der Waals surface area contributed by atoms with Crippen molar-refractivity contribution in [3.8, 4) is 0 Å². The highest BCUT2D eigenvalue weighted by Crippen LogP contribution is 2.01. The van der Waals surface area contributed by atoms with Crippen LogP contribution in [0.15, 0.2) is 30.3 Å². The van der Waals surface area contributed by atoms with Crippen LogP contribution in [-0.4, -0.2) is 12.3 Å². The smallest absolute Gasteiger partial charge is 0.0205 e. The van der Waals surface area contributed by atoms with Gasteiger partial charge in [-0.3, -0.25) is 0 Å². The van der Waals surface area contributed by atoms with Gasteiger partial charge in [-0.25, -0.2) is 0 Å². The number of unbranched alkanes of at least 4 members (excludes halogenated alkanes) is 3. The second kappa shape index (κ2) is 8.81. The van der Waals surface area contributed by atoms with Gasteiger partial charge in [0.15, 0.2) is 0 Å². The number of nitrogens with one attached hydrogen (secondary N) is 1. The summed E-state index contributed by atoms with van der Waals surface area (Å²) < 4.78 is 0. The molecule has 0 spiro atoms. The molecule has 1 aromatic rings. The summed E-state index contributed by atoms with van der Waals surface area (Å²) in [6.07, 6.45) is 5.17. The molecule has 84 valence electrons. The van der Waals surface area contributed by atoms with Crippen molar-refractivity contribution >= 4 is 12.6 Å². The van der Waals surface area contributed by atoms with Gasteiger partial charge < -0.3 is 5.32 Å². The Labute approximate surface area is 98.7 Å². The quantitative estimate of drug-likeness (QED) is 0.509. The second-order valence-electron chi connectivity index (χ2n) is 3.80. The van der Waals surface area contributed by atoms with E-state index in [4.69, 9.17) is 0 Å². The van der Waals surface area contributed by atoms with E-state index in [-0.39, 0.29) is 0 Å². The predicted molar refractivity (Wildman–Crippen MR) is 70.5 cm³/mol. The van der Waals surface area contributed by atoms with E-state index in [0.717, 1.165) is 18.8 Å². The molecule has 15 heavy (non-hydrogen) atoms. The number of rotatable bonds is 8. The molecule has 0 atom stereocenters. The molecular weight excluding hydrogens is 202 g/mol. The number of hydrogen-bond donors (Lipinski definition) is 2. The molecule has 1 rings (SSSR count). The van der Waals surface area contributed by atoms with E-state index in [2.05, 4.69) is 48.3 Å². The van der Waals surface area contributed by atoms with Crippen molar-refractivity contribution < 1.29 is 0 Å². The number of hydrogen-bond acceptors (Lipinski definition) is 2. The third-order valence-electron chi connectivity index (χ3n) is 2.43. The second-order valence-corrected chi connectivity index (χ2v) is 4.25. The van der Waals surface area contributed by atoms with Gasteiger partial charge in [0, 0.05) is 6.54 Å². The van der Waals surface area contributed by atoms with Gasteiger partial charge in [0.2, 0.25) is 0 Å². The van der Waals surface area contributed by atoms with Crippen molar-refractivity contribution in [1.29, 1.82) is 0 Å². The minimum atomic E-state index is 0.993. The topological polar surface area (TPSA) is 12.0 Å². The Balaban J connectivity index is 1.93. The number of thiol groups is 1. The molecule has 0 saturated carbocycles. The van der Waals surface area contributed by atoms with E-state index in [0.29, 0.717) is 0 Å². The standard InChI is InChI=1S/C13H21NS/c15-11-7-2-1-6-10-14-12-13-8-4-3-5-9-13/h3-5,8-9,14-15H,1-2,6-7,10-12H2. The highest BCUT2D eigenvalue weighted by Gasteiger charge is 1.91. The lowest BCUT2D eigenvalue weighted by atomic mass is 10.2. The zero-order valence-electron chi connectivity index (χ0n) is 9.28. The van der Waals surface area contributed by atoms with Crippen molar-refractivity contribution in [1.82, 2.24) is 5.32 Å². The molecule has 0 unspecified atom stereocenters. The third kappa shape index (κ3) is 6.58. The molecule has 0 saturated heterocycles. The summed E-state index contributed by atoms with van der Waals surface area (Å²) >= 11 is 4.20. The van der Waals surface area contributed by atoms with E-state index in [9.17, 15) is 0 Å². The lowest BCUT2D eigenvalue weighted by Crippen LogP contribution is -2.14. The third-order valence-corrected chi connectivity index (χ3v) is 2.75. The Morgan fingerprint density at radius 3 is 2.40 bits per heavy atom. The van der Waals surface area contributed by atoms with Crippen LogP contribution in [0.3, 0.4) is 0 Å². The Hall–Kier alpha value is -0.470. The van der Waals surface area contributed by atoms with Gasteiger partial charge >= 0.3 is 0 Å². The lowest BCUT2D eigenvalue weighted by Gasteiger charge is -2.04. The Bertz CT molecular complexity index is 236. The SMILES string of the molecule is SCCCCCCNCc1ccccc1. The summed E-state index contributed by atoms with van der Waals surface area (Å²) in [5, 5.41) is 3.46. The molecule has 0 radical (unpaired) electrons. The van der Waals surface area contributed by atoms with Crippen LogP contribution in [0.25, 0.3) is 0 Å². The van der Waals surface area contributed by atoms with Gasteiger partial charge in [-0.05, 0) is 30.7 Å². The first-order valence-corrected chi connectivity index (χ1v) is 6.42. The zero-order chi connectivity index (χ0) is 10.8. The molecule has 0 aliphatic rings. The molecule has 0 amide bonds. The van der Waals surface area contributed by atoms with E-state index in [1.165, 1.54) is 31.2 Å².